The van der Waals surface area contributed by atoms with Gasteiger partial charge in [-0.05, 0) is 31.2 Å². The molecule has 0 fully saturated rings. The van der Waals surface area contributed by atoms with Crippen LogP contribution in [0.4, 0.5) is 13.2 Å². The molecule has 0 aliphatic carbocycles. The molecule has 2 N–H and O–H groups in total. The van der Waals surface area contributed by atoms with Crippen LogP contribution < -0.4 is 5.14 Å². The molecule has 0 unspecified atom stereocenters. The van der Waals surface area contributed by atoms with E-state index in [0.717, 1.165) is 16.4 Å². The Balaban J connectivity index is 2.19. The minimum Gasteiger partial charge on any atom is -0.232 e. The second-order valence-corrected chi connectivity index (χ2v) is 7.28. The lowest BCUT2D eigenvalue weighted by Crippen LogP contribution is -2.12. The van der Waals surface area contributed by atoms with E-state index in [1.54, 1.807) is 24.3 Å². The molecule has 1 aromatic heterocycles. The largest absolute Gasteiger partial charge is 0.420 e. The Morgan fingerprint density at radius 3 is 2.08 bits per heavy atom. The van der Waals surface area contributed by atoms with E-state index in [9.17, 15) is 21.6 Å². The number of hydrogen-bond acceptors (Lipinski definition) is 3. The number of aromatic nitrogens is 2. The number of hydrogen-bond donors (Lipinski definition) is 1. The fourth-order valence-electron chi connectivity index (χ4n) is 2.52. The Bertz CT molecular complexity index is 1040. The number of alkyl halides is 3. The van der Waals surface area contributed by atoms with Crippen LogP contribution in [-0.4, -0.2) is 18.2 Å². The zero-order valence-corrected chi connectivity index (χ0v) is 14.3. The molecule has 0 saturated heterocycles. The first-order chi connectivity index (χ1) is 12.1. The van der Waals surface area contributed by atoms with Gasteiger partial charge in [0.05, 0.1) is 22.5 Å². The topological polar surface area (TPSA) is 78.0 Å². The highest BCUT2D eigenvalue weighted by atomic mass is 32.2. The second-order valence-electron chi connectivity index (χ2n) is 5.72. The maximum atomic E-state index is 13.4. The van der Waals surface area contributed by atoms with Crippen LogP contribution in [-0.2, 0) is 16.2 Å². The van der Waals surface area contributed by atoms with Crippen molar-refractivity contribution in [3.63, 3.8) is 0 Å². The lowest BCUT2D eigenvalue weighted by atomic mass is 10.1. The van der Waals surface area contributed by atoms with E-state index in [1.165, 1.54) is 24.3 Å². The molecule has 2 aromatic carbocycles. The van der Waals surface area contributed by atoms with Crippen molar-refractivity contribution in [3.05, 3.63) is 65.9 Å². The lowest BCUT2D eigenvalue weighted by molar-refractivity contribution is -0.137. The Morgan fingerprint density at radius 1 is 1.00 bits per heavy atom. The molecule has 0 atom stereocenters. The van der Waals surface area contributed by atoms with Gasteiger partial charge in [0.15, 0.2) is 0 Å². The Kier molecular flexibility index (Phi) is 4.37. The Labute approximate surface area is 147 Å². The molecule has 5 nitrogen and oxygen atoms in total. The summed E-state index contributed by atoms with van der Waals surface area (Å²) in [6.45, 7) is 1.83. The third kappa shape index (κ3) is 3.49. The summed E-state index contributed by atoms with van der Waals surface area (Å²) in [6, 6.07) is 11.7. The molecular weight excluding hydrogens is 367 g/mol. The molecule has 136 valence electrons. The van der Waals surface area contributed by atoms with Gasteiger partial charge >= 0.3 is 6.18 Å². The van der Waals surface area contributed by atoms with Gasteiger partial charge < -0.3 is 0 Å². The number of benzene rings is 2. The van der Waals surface area contributed by atoms with Gasteiger partial charge in [-0.2, -0.15) is 18.3 Å². The number of nitrogens with zero attached hydrogens (tertiary/aromatic N) is 2. The maximum absolute atomic E-state index is 13.4. The molecule has 0 bridgehead atoms. The first kappa shape index (κ1) is 18.2. The van der Waals surface area contributed by atoms with E-state index in [1.807, 2.05) is 6.92 Å². The summed E-state index contributed by atoms with van der Waals surface area (Å²) in [4.78, 5) is -0.138. The standard InChI is InChI=1S/C17H14F3N3O2S/c1-11-2-4-12(5-3-11)16-15(17(18,19)20)10-22-23(16)13-6-8-14(9-7-13)26(21,24)25/h2-10H,1H3,(H2,21,24,25). The van der Waals surface area contributed by atoms with E-state index >= 15 is 0 Å². The molecule has 0 spiro atoms. The van der Waals surface area contributed by atoms with Crippen LogP contribution in [0.3, 0.4) is 0 Å². The summed E-state index contributed by atoms with van der Waals surface area (Å²) in [5.74, 6) is 0. The molecule has 0 aliphatic rings. The minimum atomic E-state index is -4.58. The molecule has 0 aliphatic heterocycles. The van der Waals surface area contributed by atoms with Crippen LogP contribution in [0.2, 0.25) is 0 Å². The van der Waals surface area contributed by atoms with Crippen LogP contribution in [0.1, 0.15) is 11.1 Å². The monoisotopic (exact) mass is 381 g/mol. The van der Waals surface area contributed by atoms with Crippen LogP contribution in [0, 0.1) is 6.92 Å². The van der Waals surface area contributed by atoms with Crippen molar-refractivity contribution in [2.24, 2.45) is 5.14 Å². The third-order valence-corrected chi connectivity index (χ3v) is 4.74. The van der Waals surface area contributed by atoms with Crippen molar-refractivity contribution in [3.8, 4) is 16.9 Å². The van der Waals surface area contributed by atoms with Crippen LogP contribution in [0.25, 0.3) is 16.9 Å². The van der Waals surface area contributed by atoms with Gasteiger partial charge in [-0.1, -0.05) is 29.8 Å². The van der Waals surface area contributed by atoms with Crippen molar-refractivity contribution in [2.45, 2.75) is 18.0 Å². The second kappa shape index (κ2) is 6.26. The predicted molar refractivity (Wildman–Crippen MR) is 90.1 cm³/mol. The van der Waals surface area contributed by atoms with Gasteiger partial charge in [0.25, 0.3) is 0 Å². The molecular formula is C17H14F3N3O2S. The summed E-state index contributed by atoms with van der Waals surface area (Å²) >= 11 is 0. The van der Waals surface area contributed by atoms with E-state index < -0.39 is 21.8 Å². The Hall–Kier alpha value is -2.65. The minimum absolute atomic E-state index is 0.124. The molecule has 0 saturated carbocycles. The predicted octanol–water partition coefficient (Wildman–Crippen LogP) is 3.51. The van der Waals surface area contributed by atoms with Crippen LogP contribution in [0.5, 0.6) is 0 Å². The highest BCUT2D eigenvalue weighted by Gasteiger charge is 2.37. The smallest absolute Gasteiger partial charge is 0.232 e. The maximum Gasteiger partial charge on any atom is 0.420 e. The lowest BCUT2D eigenvalue weighted by Gasteiger charge is -2.12. The van der Waals surface area contributed by atoms with Gasteiger partial charge in [-0.15, -0.1) is 0 Å². The van der Waals surface area contributed by atoms with E-state index in [4.69, 9.17) is 5.14 Å². The third-order valence-electron chi connectivity index (χ3n) is 3.81. The number of nitrogens with two attached hydrogens (primary N) is 1. The highest BCUT2D eigenvalue weighted by Crippen LogP contribution is 2.38. The number of halogens is 3. The number of sulfonamides is 1. The van der Waals surface area contributed by atoms with Gasteiger partial charge in [-0.3, -0.25) is 0 Å². The van der Waals surface area contributed by atoms with Crippen molar-refractivity contribution in [1.82, 2.24) is 9.78 Å². The van der Waals surface area contributed by atoms with E-state index in [-0.39, 0.29) is 16.3 Å². The normalized spacial score (nSPS) is 12.3. The number of aryl methyl sites for hydroxylation is 1. The van der Waals surface area contributed by atoms with Crippen LogP contribution in [0.15, 0.2) is 59.6 Å². The van der Waals surface area contributed by atoms with Crippen molar-refractivity contribution in [2.75, 3.05) is 0 Å². The van der Waals surface area contributed by atoms with Crippen molar-refractivity contribution in [1.29, 1.82) is 0 Å². The van der Waals surface area contributed by atoms with Crippen LogP contribution >= 0.6 is 0 Å². The van der Waals surface area contributed by atoms with Crippen molar-refractivity contribution >= 4 is 10.0 Å². The van der Waals surface area contributed by atoms with Gasteiger partial charge in [0.2, 0.25) is 10.0 Å². The average molecular weight is 381 g/mol. The molecule has 0 amide bonds. The fraction of sp³-hybridized carbons (Fsp3) is 0.118. The SMILES string of the molecule is Cc1ccc(-c2c(C(F)(F)F)cnn2-c2ccc(S(N)(=O)=O)cc2)cc1. The van der Waals surface area contributed by atoms with E-state index in [2.05, 4.69) is 5.10 Å². The summed E-state index contributed by atoms with van der Waals surface area (Å²) in [6.07, 6.45) is -3.83. The van der Waals surface area contributed by atoms with Gasteiger partial charge in [-0.25, -0.2) is 18.2 Å². The molecule has 3 rings (SSSR count). The molecule has 26 heavy (non-hydrogen) atoms. The zero-order valence-electron chi connectivity index (χ0n) is 13.5. The Morgan fingerprint density at radius 2 is 1.58 bits per heavy atom. The molecule has 9 heteroatoms. The first-order valence-electron chi connectivity index (χ1n) is 7.43. The molecule has 1 heterocycles. The molecule has 3 aromatic rings. The first-order valence-corrected chi connectivity index (χ1v) is 8.97. The van der Waals surface area contributed by atoms with Gasteiger partial charge in [0, 0.05) is 5.56 Å². The van der Waals surface area contributed by atoms with Gasteiger partial charge in [0.1, 0.15) is 5.56 Å². The van der Waals surface area contributed by atoms with Crippen molar-refractivity contribution < 1.29 is 21.6 Å². The number of primary sulfonamides is 1. The molecule has 0 radical (unpaired) electrons. The highest BCUT2D eigenvalue weighted by molar-refractivity contribution is 7.89. The summed E-state index contributed by atoms with van der Waals surface area (Å²) < 4.78 is 64.1. The zero-order chi connectivity index (χ0) is 19.1. The fourth-order valence-corrected chi connectivity index (χ4v) is 3.03. The summed E-state index contributed by atoms with van der Waals surface area (Å²) in [5, 5.41) is 8.90. The average Bonchev–Trinajstić information content (AvgIpc) is 3.00. The summed E-state index contributed by atoms with van der Waals surface area (Å²) in [7, 11) is -3.90. The quantitative estimate of drug-likeness (QED) is 0.754. The number of rotatable bonds is 3. The van der Waals surface area contributed by atoms with E-state index in [0.29, 0.717) is 5.56 Å². The summed E-state index contributed by atoms with van der Waals surface area (Å²) in [5.41, 5.74) is 0.531.